The summed E-state index contributed by atoms with van der Waals surface area (Å²) in [5.41, 5.74) is 0.125. The number of rotatable bonds is 9. The summed E-state index contributed by atoms with van der Waals surface area (Å²) in [6, 6.07) is 0. The molecular weight excluding hydrogens is 288 g/mol. The first-order valence-electron chi connectivity index (χ1n) is 9.27. The summed E-state index contributed by atoms with van der Waals surface area (Å²) in [7, 11) is 4.06. The predicted molar refractivity (Wildman–Crippen MR) is 96.5 cm³/mol. The van der Waals surface area contributed by atoms with E-state index in [1.165, 1.54) is 6.42 Å². The third-order valence-corrected chi connectivity index (χ3v) is 5.01. The van der Waals surface area contributed by atoms with E-state index in [4.69, 9.17) is 4.74 Å². The van der Waals surface area contributed by atoms with Gasteiger partial charge in [-0.2, -0.15) is 0 Å². The Balaban J connectivity index is 2.65. The third-order valence-electron chi connectivity index (χ3n) is 5.01. The number of ether oxygens (including phenoxy) is 1. The van der Waals surface area contributed by atoms with Gasteiger partial charge in [0.15, 0.2) is 0 Å². The van der Waals surface area contributed by atoms with Crippen LogP contribution >= 0.6 is 0 Å². The van der Waals surface area contributed by atoms with E-state index in [1.54, 1.807) is 0 Å². The topological polar surface area (TPSA) is 41.6 Å². The fraction of sp³-hybridized carbons (Fsp3) is 0.947. The molecule has 1 aliphatic rings. The van der Waals surface area contributed by atoms with Crippen molar-refractivity contribution in [2.75, 3.05) is 33.8 Å². The molecule has 1 amide bonds. The molecule has 4 heteroatoms. The molecule has 1 fully saturated rings. The minimum Gasteiger partial charge on any atom is -0.378 e. The van der Waals surface area contributed by atoms with Gasteiger partial charge in [0, 0.05) is 26.1 Å². The van der Waals surface area contributed by atoms with Crippen molar-refractivity contribution in [3.8, 4) is 0 Å². The monoisotopic (exact) mass is 326 g/mol. The first-order chi connectivity index (χ1) is 10.7. The SMILES string of the molecule is CC(C)CC[C@]1(CC(=O)NCCN(C)C)CCO[C@H](C(C)C)C1. The lowest BCUT2D eigenvalue weighted by molar-refractivity contribution is -0.128. The van der Waals surface area contributed by atoms with Gasteiger partial charge in [-0.25, -0.2) is 0 Å². The number of amides is 1. The molecule has 1 aliphatic heterocycles. The van der Waals surface area contributed by atoms with Crippen LogP contribution in [0.4, 0.5) is 0 Å². The van der Waals surface area contributed by atoms with Crippen LogP contribution in [0.5, 0.6) is 0 Å². The molecule has 0 bridgehead atoms. The number of hydrogen-bond donors (Lipinski definition) is 1. The Hall–Kier alpha value is -0.610. The Morgan fingerprint density at radius 3 is 2.57 bits per heavy atom. The second-order valence-corrected chi connectivity index (χ2v) is 8.37. The summed E-state index contributed by atoms with van der Waals surface area (Å²) in [6.07, 6.45) is 5.32. The Bertz CT molecular complexity index is 355. The molecule has 0 aromatic heterocycles. The summed E-state index contributed by atoms with van der Waals surface area (Å²) in [6.45, 7) is 11.4. The maximum absolute atomic E-state index is 12.4. The van der Waals surface area contributed by atoms with Crippen LogP contribution in [0.3, 0.4) is 0 Å². The molecule has 0 radical (unpaired) electrons. The van der Waals surface area contributed by atoms with Gasteiger partial charge in [0.05, 0.1) is 6.10 Å². The highest BCUT2D eigenvalue weighted by molar-refractivity contribution is 5.76. The Kier molecular flexibility index (Phi) is 8.56. The molecule has 1 rings (SSSR count). The molecule has 0 spiro atoms. The van der Waals surface area contributed by atoms with Crippen LogP contribution in [0.15, 0.2) is 0 Å². The van der Waals surface area contributed by atoms with Crippen LogP contribution in [0.1, 0.15) is 59.8 Å². The molecule has 0 aliphatic carbocycles. The van der Waals surface area contributed by atoms with Crippen molar-refractivity contribution < 1.29 is 9.53 Å². The first-order valence-corrected chi connectivity index (χ1v) is 9.27. The molecule has 2 atom stereocenters. The molecule has 1 heterocycles. The average molecular weight is 327 g/mol. The molecule has 136 valence electrons. The quantitative estimate of drug-likeness (QED) is 0.707. The number of nitrogens with zero attached hydrogens (tertiary/aromatic N) is 1. The maximum atomic E-state index is 12.4. The fourth-order valence-electron chi connectivity index (χ4n) is 3.34. The van der Waals surface area contributed by atoms with Crippen molar-refractivity contribution in [3.05, 3.63) is 0 Å². The molecule has 1 saturated heterocycles. The highest BCUT2D eigenvalue weighted by atomic mass is 16.5. The summed E-state index contributed by atoms with van der Waals surface area (Å²) in [5.74, 6) is 1.41. The standard InChI is InChI=1S/C19H38N2O2/c1-15(2)7-8-19(9-12-23-17(13-19)16(3)4)14-18(22)20-10-11-21(5)6/h15-17H,7-14H2,1-6H3,(H,20,22)/t17-,19-/m0/s1. The molecule has 4 nitrogen and oxygen atoms in total. The molecule has 0 unspecified atom stereocenters. The Morgan fingerprint density at radius 1 is 1.30 bits per heavy atom. The summed E-state index contributed by atoms with van der Waals surface area (Å²) < 4.78 is 5.96. The van der Waals surface area contributed by atoms with E-state index in [2.05, 4.69) is 37.9 Å². The van der Waals surface area contributed by atoms with E-state index in [0.717, 1.165) is 39.0 Å². The normalized spacial score (nSPS) is 25.3. The molecule has 0 saturated carbocycles. The van der Waals surface area contributed by atoms with Gasteiger partial charge >= 0.3 is 0 Å². The van der Waals surface area contributed by atoms with Crippen LogP contribution in [0.25, 0.3) is 0 Å². The zero-order chi connectivity index (χ0) is 17.5. The average Bonchev–Trinajstić information content (AvgIpc) is 2.45. The van der Waals surface area contributed by atoms with Gasteiger partial charge in [-0.1, -0.05) is 34.1 Å². The number of carbonyl (C=O) groups is 1. The number of hydrogen-bond acceptors (Lipinski definition) is 3. The predicted octanol–water partition coefficient (Wildman–Crippen LogP) is 3.31. The first kappa shape index (κ1) is 20.4. The smallest absolute Gasteiger partial charge is 0.220 e. The van der Waals surface area contributed by atoms with E-state index in [9.17, 15) is 4.79 Å². The molecule has 23 heavy (non-hydrogen) atoms. The van der Waals surface area contributed by atoms with E-state index in [-0.39, 0.29) is 11.3 Å². The molecule has 1 N–H and O–H groups in total. The minimum atomic E-state index is 0.125. The summed E-state index contributed by atoms with van der Waals surface area (Å²) in [5, 5.41) is 3.10. The van der Waals surface area contributed by atoms with Crippen molar-refractivity contribution in [3.63, 3.8) is 0 Å². The summed E-state index contributed by atoms with van der Waals surface area (Å²) in [4.78, 5) is 14.5. The van der Waals surface area contributed by atoms with Crippen LogP contribution in [-0.4, -0.2) is 50.7 Å². The number of likely N-dealkylation sites (N-methyl/N-ethyl adjacent to an activating group) is 1. The number of nitrogens with one attached hydrogen (secondary N) is 1. The lowest BCUT2D eigenvalue weighted by Crippen LogP contribution is -2.42. The Morgan fingerprint density at radius 2 is 2.00 bits per heavy atom. The second kappa shape index (κ2) is 9.63. The molecule has 0 aromatic rings. The van der Waals surface area contributed by atoms with Crippen molar-refractivity contribution in [2.45, 2.75) is 65.9 Å². The van der Waals surface area contributed by atoms with Crippen molar-refractivity contribution in [1.82, 2.24) is 10.2 Å². The van der Waals surface area contributed by atoms with Gasteiger partial charge < -0.3 is 15.0 Å². The van der Waals surface area contributed by atoms with Crippen molar-refractivity contribution in [2.24, 2.45) is 17.3 Å². The van der Waals surface area contributed by atoms with Gasteiger partial charge in [-0.05, 0) is 50.6 Å². The van der Waals surface area contributed by atoms with Gasteiger partial charge in [0.2, 0.25) is 5.91 Å². The van der Waals surface area contributed by atoms with Crippen LogP contribution in [-0.2, 0) is 9.53 Å². The van der Waals surface area contributed by atoms with Crippen LogP contribution in [0, 0.1) is 17.3 Å². The molecule has 0 aromatic carbocycles. The third kappa shape index (κ3) is 7.67. The van der Waals surface area contributed by atoms with E-state index in [0.29, 0.717) is 24.4 Å². The lowest BCUT2D eigenvalue weighted by atomic mass is 9.69. The fourth-order valence-corrected chi connectivity index (χ4v) is 3.34. The second-order valence-electron chi connectivity index (χ2n) is 8.37. The highest BCUT2D eigenvalue weighted by Crippen LogP contribution is 2.43. The van der Waals surface area contributed by atoms with E-state index >= 15 is 0 Å². The van der Waals surface area contributed by atoms with E-state index < -0.39 is 0 Å². The Labute approximate surface area is 143 Å². The van der Waals surface area contributed by atoms with Gasteiger partial charge in [0.1, 0.15) is 0 Å². The van der Waals surface area contributed by atoms with Crippen molar-refractivity contribution >= 4 is 5.91 Å². The van der Waals surface area contributed by atoms with Crippen LogP contribution < -0.4 is 5.32 Å². The zero-order valence-electron chi connectivity index (χ0n) is 16.2. The van der Waals surface area contributed by atoms with Gasteiger partial charge in [-0.3, -0.25) is 4.79 Å². The largest absolute Gasteiger partial charge is 0.378 e. The summed E-state index contributed by atoms with van der Waals surface area (Å²) >= 11 is 0. The molecular formula is C19H38N2O2. The maximum Gasteiger partial charge on any atom is 0.220 e. The number of carbonyl (C=O) groups excluding carboxylic acids is 1. The van der Waals surface area contributed by atoms with Gasteiger partial charge in [0.25, 0.3) is 0 Å². The van der Waals surface area contributed by atoms with Crippen LogP contribution in [0.2, 0.25) is 0 Å². The van der Waals surface area contributed by atoms with Crippen molar-refractivity contribution in [1.29, 1.82) is 0 Å². The lowest BCUT2D eigenvalue weighted by Gasteiger charge is -2.42. The zero-order valence-corrected chi connectivity index (χ0v) is 16.2. The van der Waals surface area contributed by atoms with Gasteiger partial charge in [-0.15, -0.1) is 0 Å². The minimum absolute atomic E-state index is 0.125. The highest BCUT2D eigenvalue weighted by Gasteiger charge is 2.39. The van der Waals surface area contributed by atoms with E-state index in [1.807, 2.05) is 14.1 Å².